The molecule has 8 heteroatoms. The summed E-state index contributed by atoms with van der Waals surface area (Å²) in [6, 6.07) is 7.47. The average molecular weight is 348 g/mol. The van der Waals surface area contributed by atoms with Crippen LogP contribution in [0, 0.1) is 0 Å². The van der Waals surface area contributed by atoms with E-state index in [1.807, 2.05) is 24.3 Å². The Bertz CT molecular complexity index is 836. The number of hydrogen-bond acceptors (Lipinski definition) is 6. The minimum Gasteiger partial charge on any atom is -0.497 e. The number of aromatic nitrogens is 2. The van der Waals surface area contributed by atoms with Gasteiger partial charge in [0.25, 0.3) is 5.56 Å². The second-order valence-corrected chi connectivity index (χ2v) is 7.13. The molecule has 2 unspecified atom stereocenters. The Morgan fingerprint density at radius 3 is 3.00 bits per heavy atom. The van der Waals surface area contributed by atoms with E-state index in [2.05, 4.69) is 5.10 Å². The molecule has 2 heterocycles. The lowest BCUT2D eigenvalue weighted by Crippen LogP contribution is -2.33. The van der Waals surface area contributed by atoms with Gasteiger partial charge in [-0.1, -0.05) is 12.1 Å². The Labute approximate surface area is 141 Å². The van der Waals surface area contributed by atoms with Crippen LogP contribution >= 0.6 is 0 Å². The van der Waals surface area contributed by atoms with E-state index in [0.717, 1.165) is 10.4 Å². The van der Waals surface area contributed by atoms with Crippen molar-refractivity contribution in [2.45, 2.75) is 17.7 Å². The highest BCUT2D eigenvalue weighted by Crippen LogP contribution is 2.39. The number of carbonyl (C=O) groups is 1. The maximum Gasteiger partial charge on any atom is 0.531 e. The number of nitrogen functional groups attached to an aromatic ring is 1. The van der Waals surface area contributed by atoms with Crippen LogP contribution in [-0.4, -0.2) is 34.7 Å². The molecule has 1 aromatic heterocycles. The zero-order valence-electron chi connectivity index (χ0n) is 13.4. The van der Waals surface area contributed by atoms with Gasteiger partial charge >= 0.3 is 5.30 Å². The Kier molecular flexibility index (Phi) is 4.48. The molecule has 0 amide bonds. The van der Waals surface area contributed by atoms with Gasteiger partial charge in [0.05, 0.1) is 25.2 Å². The number of nitrogens with two attached hydrogens (primary N) is 1. The predicted molar refractivity (Wildman–Crippen MR) is 91.0 cm³/mol. The number of carbonyl (C=O) groups excluding carboxylic acids is 1. The maximum atomic E-state index is 12.5. The fourth-order valence-electron chi connectivity index (χ4n) is 2.79. The zero-order valence-corrected chi connectivity index (χ0v) is 14.2. The first kappa shape index (κ1) is 16.4. The lowest BCUT2D eigenvalue weighted by atomic mass is 9.94. The largest absolute Gasteiger partial charge is 0.531 e. The van der Waals surface area contributed by atoms with Gasteiger partial charge in [0, 0.05) is 0 Å². The van der Waals surface area contributed by atoms with Crippen LogP contribution < -0.4 is 16.1 Å². The fraction of sp³-hybridized carbons (Fsp3) is 0.312. The highest BCUT2D eigenvalue weighted by atomic mass is 32.2. The molecule has 2 N–H and O–H groups in total. The molecular formula is C16H18N3O4S+. The van der Waals surface area contributed by atoms with E-state index in [9.17, 15) is 9.59 Å². The van der Waals surface area contributed by atoms with E-state index in [1.54, 1.807) is 14.0 Å². The Morgan fingerprint density at radius 1 is 1.50 bits per heavy atom. The average Bonchev–Trinajstić information content (AvgIpc) is 2.99. The first-order valence-electron chi connectivity index (χ1n) is 7.45. The molecule has 0 fully saturated rings. The van der Waals surface area contributed by atoms with Gasteiger partial charge in [-0.3, -0.25) is 4.79 Å². The summed E-state index contributed by atoms with van der Waals surface area (Å²) in [6.45, 7) is 2.05. The fourth-order valence-corrected chi connectivity index (χ4v) is 4.91. The van der Waals surface area contributed by atoms with Crippen LogP contribution in [0.3, 0.4) is 0 Å². The monoisotopic (exact) mass is 348 g/mol. The van der Waals surface area contributed by atoms with Crippen LogP contribution in [0.4, 0.5) is 4.79 Å². The van der Waals surface area contributed by atoms with Crippen LogP contribution in [-0.2, 0) is 15.6 Å². The molecule has 0 bridgehead atoms. The SMILES string of the molecule is CCOC(=O)[S+]1CC(c2cccc(OC)c2)c2c1cnn(N)c2=O. The number of rotatable bonds is 3. The molecule has 2 aromatic rings. The smallest absolute Gasteiger partial charge is 0.497 e. The third-order valence-electron chi connectivity index (χ3n) is 3.91. The van der Waals surface area contributed by atoms with E-state index < -0.39 is 10.9 Å². The number of ether oxygens (including phenoxy) is 2. The first-order valence-corrected chi connectivity index (χ1v) is 8.85. The number of fused-ring (bicyclic) bond motifs is 1. The van der Waals surface area contributed by atoms with Gasteiger partial charge in [0.2, 0.25) is 0 Å². The predicted octanol–water partition coefficient (Wildman–Crippen LogP) is 1.24. The lowest BCUT2D eigenvalue weighted by Gasteiger charge is -2.09. The van der Waals surface area contributed by atoms with Crippen molar-refractivity contribution in [2.24, 2.45) is 0 Å². The lowest BCUT2D eigenvalue weighted by molar-refractivity contribution is 0.180. The number of nitrogens with zero attached hydrogens (tertiary/aromatic N) is 2. The van der Waals surface area contributed by atoms with Crippen molar-refractivity contribution in [3.8, 4) is 5.75 Å². The Balaban J connectivity index is 2.11. The molecule has 126 valence electrons. The third-order valence-corrected chi connectivity index (χ3v) is 5.95. The molecule has 0 saturated carbocycles. The van der Waals surface area contributed by atoms with Gasteiger partial charge in [-0.15, -0.1) is 4.79 Å². The summed E-state index contributed by atoms with van der Waals surface area (Å²) >= 11 is 0. The second-order valence-electron chi connectivity index (χ2n) is 5.24. The van der Waals surface area contributed by atoms with Gasteiger partial charge in [0.15, 0.2) is 4.90 Å². The summed E-state index contributed by atoms with van der Waals surface area (Å²) in [4.78, 5) is 26.3. The molecule has 24 heavy (non-hydrogen) atoms. The van der Waals surface area contributed by atoms with Gasteiger partial charge < -0.3 is 15.3 Å². The molecule has 2 atom stereocenters. The zero-order chi connectivity index (χ0) is 17.3. The molecule has 1 aromatic carbocycles. The van der Waals surface area contributed by atoms with E-state index in [-0.39, 0.29) is 16.8 Å². The van der Waals surface area contributed by atoms with Crippen molar-refractivity contribution in [3.63, 3.8) is 0 Å². The third kappa shape index (κ3) is 2.73. The molecular weight excluding hydrogens is 330 g/mol. The van der Waals surface area contributed by atoms with Crippen LogP contribution in [0.5, 0.6) is 5.75 Å². The highest BCUT2D eigenvalue weighted by molar-refractivity contribution is 8.10. The van der Waals surface area contributed by atoms with Crippen LogP contribution in [0.1, 0.15) is 24.0 Å². The first-order chi connectivity index (χ1) is 11.6. The number of benzene rings is 1. The summed E-state index contributed by atoms with van der Waals surface area (Å²) in [6.07, 6.45) is 1.50. The van der Waals surface area contributed by atoms with E-state index in [0.29, 0.717) is 28.6 Å². The van der Waals surface area contributed by atoms with Crippen LogP contribution in [0.25, 0.3) is 0 Å². The van der Waals surface area contributed by atoms with E-state index in [1.165, 1.54) is 6.20 Å². The quantitative estimate of drug-likeness (QED) is 0.509. The summed E-state index contributed by atoms with van der Waals surface area (Å²) in [5.41, 5.74) is 1.02. The summed E-state index contributed by atoms with van der Waals surface area (Å²) in [7, 11) is 0.747. The molecule has 0 aliphatic carbocycles. The topological polar surface area (TPSA) is 96.4 Å². The van der Waals surface area contributed by atoms with Gasteiger partial charge in [0.1, 0.15) is 28.6 Å². The molecule has 0 spiro atoms. The molecule has 1 aliphatic rings. The Hall–Kier alpha value is -2.48. The van der Waals surface area contributed by atoms with Crippen molar-refractivity contribution in [1.29, 1.82) is 0 Å². The number of methoxy groups -OCH3 is 1. The van der Waals surface area contributed by atoms with E-state index >= 15 is 0 Å². The van der Waals surface area contributed by atoms with Crippen LogP contribution in [0.2, 0.25) is 0 Å². The maximum absolute atomic E-state index is 12.5. The normalized spacial score (nSPS) is 18.9. The van der Waals surface area contributed by atoms with E-state index in [4.69, 9.17) is 15.3 Å². The van der Waals surface area contributed by atoms with Crippen molar-refractivity contribution >= 4 is 16.2 Å². The van der Waals surface area contributed by atoms with Crippen molar-refractivity contribution in [3.05, 3.63) is 51.9 Å². The minimum absolute atomic E-state index is 0.242. The Morgan fingerprint density at radius 2 is 2.29 bits per heavy atom. The molecule has 0 saturated heterocycles. The van der Waals surface area contributed by atoms with Crippen molar-refractivity contribution in [2.75, 3.05) is 25.3 Å². The number of hydrogen-bond donors (Lipinski definition) is 1. The highest BCUT2D eigenvalue weighted by Gasteiger charge is 2.49. The molecule has 1 aliphatic heterocycles. The van der Waals surface area contributed by atoms with Gasteiger partial charge in [-0.05, 0) is 24.6 Å². The molecule has 7 nitrogen and oxygen atoms in total. The molecule has 3 rings (SSSR count). The molecule has 0 radical (unpaired) electrons. The minimum atomic E-state index is -0.838. The van der Waals surface area contributed by atoms with Gasteiger partial charge in [-0.2, -0.15) is 9.89 Å². The second kappa shape index (κ2) is 6.56. The van der Waals surface area contributed by atoms with Crippen molar-refractivity contribution < 1.29 is 14.3 Å². The van der Waals surface area contributed by atoms with Crippen LogP contribution in [0.15, 0.2) is 40.2 Å². The summed E-state index contributed by atoms with van der Waals surface area (Å²) in [5.74, 6) is 6.55. The summed E-state index contributed by atoms with van der Waals surface area (Å²) in [5, 5.41) is 3.54. The summed E-state index contributed by atoms with van der Waals surface area (Å²) < 4.78 is 10.4. The van der Waals surface area contributed by atoms with Gasteiger partial charge in [-0.25, -0.2) is 0 Å². The standard InChI is InChI=1S/C16H18N3O4S/c1-3-23-16(21)24-9-12(10-5-4-6-11(7-10)22-2)14-13(24)8-18-19(17)15(14)20/h4-8,12H,3,9,17H2,1-2H3/q+1. The van der Waals surface area contributed by atoms with Crippen molar-refractivity contribution in [1.82, 2.24) is 9.89 Å².